The van der Waals surface area contributed by atoms with Gasteiger partial charge in [0.15, 0.2) is 6.61 Å². The van der Waals surface area contributed by atoms with Crippen LogP contribution in [0.2, 0.25) is 0 Å². The number of anilines is 1. The van der Waals surface area contributed by atoms with Crippen molar-refractivity contribution in [1.82, 2.24) is 5.32 Å². The first-order valence-corrected chi connectivity index (χ1v) is 8.09. The molecule has 0 saturated carbocycles. The van der Waals surface area contributed by atoms with Crippen LogP contribution in [-0.2, 0) is 22.4 Å². The molecule has 2 aromatic carbocycles. The van der Waals surface area contributed by atoms with Gasteiger partial charge in [0.1, 0.15) is 11.5 Å². The number of ether oxygens (including phenoxy) is 2. The SMILES string of the molecule is COc1ccc(CC(=O)NCCc2ccc3c(c2)NC(=O)CO3)cc1. The van der Waals surface area contributed by atoms with E-state index in [1.807, 2.05) is 42.5 Å². The van der Waals surface area contributed by atoms with Gasteiger partial charge in [-0.1, -0.05) is 18.2 Å². The fourth-order valence-corrected chi connectivity index (χ4v) is 2.62. The van der Waals surface area contributed by atoms with Crippen LogP contribution in [0, 0.1) is 0 Å². The van der Waals surface area contributed by atoms with Gasteiger partial charge in [0.05, 0.1) is 19.2 Å². The third-order valence-corrected chi connectivity index (χ3v) is 3.94. The Morgan fingerprint density at radius 3 is 2.72 bits per heavy atom. The summed E-state index contributed by atoms with van der Waals surface area (Å²) in [6.07, 6.45) is 1.01. The summed E-state index contributed by atoms with van der Waals surface area (Å²) >= 11 is 0. The molecule has 0 unspecified atom stereocenters. The van der Waals surface area contributed by atoms with E-state index in [0.717, 1.165) is 16.9 Å². The minimum atomic E-state index is -0.155. The first-order valence-electron chi connectivity index (χ1n) is 8.09. The summed E-state index contributed by atoms with van der Waals surface area (Å²) in [5.74, 6) is 1.26. The maximum Gasteiger partial charge on any atom is 0.262 e. The van der Waals surface area contributed by atoms with E-state index in [2.05, 4.69) is 10.6 Å². The van der Waals surface area contributed by atoms with Crippen molar-refractivity contribution in [1.29, 1.82) is 0 Å². The molecule has 0 atom stereocenters. The highest BCUT2D eigenvalue weighted by atomic mass is 16.5. The molecule has 0 fully saturated rings. The third-order valence-electron chi connectivity index (χ3n) is 3.94. The summed E-state index contributed by atoms with van der Waals surface area (Å²) < 4.78 is 10.4. The maximum atomic E-state index is 12.0. The van der Waals surface area contributed by atoms with Gasteiger partial charge < -0.3 is 20.1 Å². The quantitative estimate of drug-likeness (QED) is 0.842. The summed E-state index contributed by atoms with van der Waals surface area (Å²) in [4.78, 5) is 23.4. The average Bonchev–Trinajstić information content (AvgIpc) is 2.62. The van der Waals surface area contributed by atoms with E-state index >= 15 is 0 Å². The minimum Gasteiger partial charge on any atom is -0.497 e. The average molecular weight is 340 g/mol. The number of rotatable bonds is 6. The van der Waals surface area contributed by atoms with Crippen LogP contribution in [0.25, 0.3) is 0 Å². The number of nitrogens with one attached hydrogen (secondary N) is 2. The summed E-state index contributed by atoms with van der Waals surface area (Å²) in [6.45, 7) is 0.580. The molecule has 6 nitrogen and oxygen atoms in total. The molecule has 1 aliphatic heterocycles. The summed E-state index contributed by atoms with van der Waals surface area (Å²) in [6, 6.07) is 13.1. The monoisotopic (exact) mass is 340 g/mol. The summed E-state index contributed by atoms with van der Waals surface area (Å²) in [5, 5.41) is 5.69. The molecule has 0 spiro atoms. The Balaban J connectivity index is 1.48. The van der Waals surface area contributed by atoms with E-state index < -0.39 is 0 Å². The number of carbonyl (C=O) groups excluding carboxylic acids is 2. The lowest BCUT2D eigenvalue weighted by Crippen LogP contribution is -2.27. The maximum absolute atomic E-state index is 12.0. The van der Waals surface area contributed by atoms with Crippen molar-refractivity contribution in [3.05, 3.63) is 53.6 Å². The molecule has 1 heterocycles. The Morgan fingerprint density at radius 1 is 1.20 bits per heavy atom. The van der Waals surface area contributed by atoms with Crippen LogP contribution in [0.15, 0.2) is 42.5 Å². The third kappa shape index (κ3) is 4.50. The number of benzene rings is 2. The van der Waals surface area contributed by atoms with E-state index in [9.17, 15) is 9.59 Å². The Hall–Kier alpha value is -3.02. The van der Waals surface area contributed by atoms with E-state index in [1.165, 1.54) is 0 Å². The van der Waals surface area contributed by atoms with Crippen LogP contribution in [0.4, 0.5) is 5.69 Å². The van der Waals surface area contributed by atoms with Gasteiger partial charge >= 0.3 is 0 Å². The first-order chi connectivity index (χ1) is 12.1. The van der Waals surface area contributed by atoms with Gasteiger partial charge in [-0.3, -0.25) is 9.59 Å². The summed E-state index contributed by atoms with van der Waals surface area (Å²) in [7, 11) is 1.61. The molecule has 0 saturated heterocycles. The topological polar surface area (TPSA) is 76.7 Å². The lowest BCUT2D eigenvalue weighted by atomic mass is 10.1. The number of amides is 2. The highest BCUT2D eigenvalue weighted by molar-refractivity contribution is 5.95. The molecule has 0 bridgehead atoms. The van der Waals surface area contributed by atoms with E-state index in [-0.39, 0.29) is 18.4 Å². The van der Waals surface area contributed by atoms with Crippen LogP contribution in [-0.4, -0.2) is 32.1 Å². The molecule has 0 aliphatic carbocycles. The van der Waals surface area contributed by atoms with Crippen molar-refractivity contribution in [3.63, 3.8) is 0 Å². The molecule has 2 amide bonds. The van der Waals surface area contributed by atoms with E-state index in [4.69, 9.17) is 9.47 Å². The molecular weight excluding hydrogens is 320 g/mol. The molecule has 2 aromatic rings. The first kappa shape index (κ1) is 16.8. The van der Waals surface area contributed by atoms with E-state index in [0.29, 0.717) is 30.8 Å². The molecule has 3 rings (SSSR count). The lowest BCUT2D eigenvalue weighted by Gasteiger charge is -2.18. The minimum absolute atomic E-state index is 0.0280. The summed E-state index contributed by atoms with van der Waals surface area (Å²) in [5.41, 5.74) is 2.64. The second kappa shape index (κ2) is 7.70. The Morgan fingerprint density at radius 2 is 1.96 bits per heavy atom. The van der Waals surface area contributed by atoms with Crippen LogP contribution in [0.5, 0.6) is 11.5 Å². The van der Waals surface area contributed by atoms with E-state index in [1.54, 1.807) is 7.11 Å². The van der Waals surface area contributed by atoms with Gasteiger partial charge in [-0.15, -0.1) is 0 Å². The molecule has 0 radical (unpaired) electrons. The fraction of sp³-hybridized carbons (Fsp3) is 0.263. The lowest BCUT2D eigenvalue weighted by molar-refractivity contribution is -0.120. The fourth-order valence-electron chi connectivity index (χ4n) is 2.62. The smallest absolute Gasteiger partial charge is 0.262 e. The second-order valence-electron chi connectivity index (χ2n) is 5.79. The predicted molar refractivity (Wildman–Crippen MR) is 94.0 cm³/mol. The van der Waals surface area contributed by atoms with Gasteiger partial charge in [0.25, 0.3) is 5.91 Å². The van der Waals surface area contributed by atoms with Gasteiger partial charge in [0, 0.05) is 6.54 Å². The van der Waals surface area contributed by atoms with Gasteiger partial charge in [-0.25, -0.2) is 0 Å². The largest absolute Gasteiger partial charge is 0.497 e. The van der Waals surface area contributed by atoms with Crippen LogP contribution in [0.3, 0.4) is 0 Å². The molecule has 2 N–H and O–H groups in total. The highest BCUT2D eigenvalue weighted by Gasteiger charge is 2.15. The number of fused-ring (bicyclic) bond motifs is 1. The van der Waals surface area contributed by atoms with Crippen LogP contribution in [0.1, 0.15) is 11.1 Å². The second-order valence-corrected chi connectivity index (χ2v) is 5.79. The van der Waals surface area contributed by atoms with Crippen molar-refractivity contribution in [2.24, 2.45) is 0 Å². The zero-order valence-corrected chi connectivity index (χ0v) is 14.0. The zero-order chi connectivity index (χ0) is 17.6. The Bertz CT molecular complexity index is 771. The molecule has 1 aliphatic rings. The van der Waals surface area contributed by atoms with Gasteiger partial charge in [0.2, 0.25) is 5.91 Å². The molecule has 25 heavy (non-hydrogen) atoms. The van der Waals surface area contributed by atoms with Crippen molar-refractivity contribution < 1.29 is 19.1 Å². The van der Waals surface area contributed by atoms with Gasteiger partial charge in [-0.05, 0) is 41.8 Å². The Kier molecular flexibility index (Phi) is 5.18. The van der Waals surface area contributed by atoms with Gasteiger partial charge in [-0.2, -0.15) is 0 Å². The Labute approximate surface area is 146 Å². The number of hydrogen-bond acceptors (Lipinski definition) is 4. The van der Waals surface area contributed by atoms with Crippen molar-refractivity contribution >= 4 is 17.5 Å². The van der Waals surface area contributed by atoms with Crippen LogP contribution >= 0.6 is 0 Å². The predicted octanol–water partition coefficient (Wildman–Crippen LogP) is 1.93. The molecule has 130 valence electrons. The molecule has 6 heteroatoms. The standard InChI is InChI=1S/C19H20N2O4/c1-24-15-5-2-13(3-6-15)11-18(22)20-9-8-14-4-7-17-16(10-14)21-19(23)12-25-17/h2-7,10H,8-9,11-12H2,1H3,(H,20,22)(H,21,23). The number of methoxy groups -OCH3 is 1. The normalized spacial score (nSPS) is 12.6. The van der Waals surface area contributed by atoms with Crippen molar-refractivity contribution in [2.45, 2.75) is 12.8 Å². The highest BCUT2D eigenvalue weighted by Crippen LogP contribution is 2.28. The van der Waals surface area contributed by atoms with Crippen LogP contribution < -0.4 is 20.1 Å². The van der Waals surface area contributed by atoms with Crippen molar-refractivity contribution in [3.8, 4) is 11.5 Å². The zero-order valence-electron chi connectivity index (χ0n) is 14.0. The van der Waals surface area contributed by atoms with Crippen molar-refractivity contribution in [2.75, 3.05) is 25.6 Å². The molecular formula is C19H20N2O4. The number of carbonyl (C=O) groups is 2. The molecule has 0 aromatic heterocycles. The number of hydrogen-bond donors (Lipinski definition) is 2.